The maximum atomic E-state index is 5.02. The maximum absolute atomic E-state index is 5.02. The highest BCUT2D eigenvalue weighted by Crippen LogP contribution is 2.24. The van der Waals surface area contributed by atoms with Gasteiger partial charge < -0.3 is 0 Å². The Morgan fingerprint density at radius 1 is 0.857 bits per heavy atom. The molecule has 0 saturated heterocycles. The van der Waals surface area contributed by atoms with Crippen molar-refractivity contribution in [3.8, 4) is 0 Å². The third-order valence-electron chi connectivity index (χ3n) is 4.27. The second kappa shape index (κ2) is 7.59. The summed E-state index contributed by atoms with van der Waals surface area (Å²) >= 11 is 0. The number of fused-ring (bicyclic) bond motifs is 1. The average molecular weight is 283 g/mol. The first-order chi connectivity index (χ1) is 10.2. The van der Waals surface area contributed by atoms with Crippen LogP contribution in [-0.2, 0) is 12.8 Å². The highest BCUT2D eigenvalue weighted by Gasteiger charge is 2.09. The van der Waals surface area contributed by atoms with Gasteiger partial charge in [-0.3, -0.25) is 4.98 Å². The lowest BCUT2D eigenvalue weighted by molar-refractivity contribution is 0.697. The molecular formula is C20H29N. The third-order valence-corrected chi connectivity index (χ3v) is 4.27. The zero-order valence-corrected chi connectivity index (χ0v) is 14.1. The molecule has 0 spiro atoms. The number of hydrogen-bond acceptors (Lipinski definition) is 1. The second-order valence-corrected chi connectivity index (χ2v) is 6.30. The number of aryl methyl sites for hydroxylation is 4. The summed E-state index contributed by atoms with van der Waals surface area (Å²) in [6.45, 7) is 8.89. The molecule has 21 heavy (non-hydrogen) atoms. The molecular weight excluding hydrogens is 254 g/mol. The van der Waals surface area contributed by atoms with Gasteiger partial charge in [-0.05, 0) is 68.4 Å². The quantitative estimate of drug-likeness (QED) is 0.574. The van der Waals surface area contributed by atoms with Crippen molar-refractivity contribution in [1.29, 1.82) is 0 Å². The first kappa shape index (κ1) is 16.0. The molecule has 2 aromatic rings. The molecule has 0 saturated carbocycles. The van der Waals surface area contributed by atoms with E-state index in [1.54, 1.807) is 0 Å². The normalized spacial score (nSPS) is 11.2. The summed E-state index contributed by atoms with van der Waals surface area (Å²) in [5.74, 6) is 0. The van der Waals surface area contributed by atoms with Gasteiger partial charge >= 0.3 is 0 Å². The topological polar surface area (TPSA) is 12.9 Å². The van der Waals surface area contributed by atoms with Crippen LogP contribution in [0.2, 0.25) is 0 Å². The Labute approximate surface area is 129 Å². The van der Waals surface area contributed by atoms with Crippen LogP contribution in [0.5, 0.6) is 0 Å². The monoisotopic (exact) mass is 283 g/mol. The van der Waals surface area contributed by atoms with Gasteiger partial charge in [-0.1, -0.05) is 39.2 Å². The molecule has 2 rings (SSSR count). The van der Waals surface area contributed by atoms with Gasteiger partial charge in [0.2, 0.25) is 0 Å². The first-order valence-corrected chi connectivity index (χ1v) is 8.55. The van der Waals surface area contributed by atoms with Crippen molar-refractivity contribution in [2.24, 2.45) is 0 Å². The van der Waals surface area contributed by atoms with Crippen molar-refractivity contribution >= 4 is 10.9 Å². The Morgan fingerprint density at radius 2 is 1.62 bits per heavy atom. The predicted octanol–water partition coefficient (Wildman–Crippen LogP) is 5.93. The molecule has 1 aromatic heterocycles. The molecule has 0 N–H and O–H groups in total. The number of nitrogens with zero attached hydrogens (tertiary/aromatic N) is 1. The molecule has 0 atom stereocenters. The summed E-state index contributed by atoms with van der Waals surface area (Å²) in [6, 6.07) is 6.91. The van der Waals surface area contributed by atoms with Crippen LogP contribution < -0.4 is 0 Å². The summed E-state index contributed by atoms with van der Waals surface area (Å²) in [5.41, 5.74) is 6.67. The fourth-order valence-electron chi connectivity index (χ4n) is 3.05. The highest BCUT2D eigenvalue weighted by molar-refractivity contribution is 5.83. The maximum Gasteiger partial charge on any atom is 0.0710 e. The van der Waals surface area contributed by atoms with Crippen LogP contribution in [0.4, 0.5) is 0 Å². The molecule has 0 aliphatic rings. The van der Waals surface area contributed by atoms with Gasteiger partial charge in [0.05, 0.1) is 5.52 Å². The van der Waals surface area contributed by atoms with Gasteiger partial charge in [0, 0.05) is 11.1 Å². The zero-order valence-electron chi connectivity index (χ0n) is 14.1. The molecule has 1 heterocycles. The van der Waals surface area contributed by atoms with E-state index in [4.69, 9.17) is 4.98 Å². The van der Waals surface area contributed by atoms with E-state index in [0.29, 0.717) is 0 Å². The summed E-state index contributed by atoms with van der Waals surface area (Å²) < 4.78 is 0. The number of pyridine rings is 1. The lowest BCUT2D eigenvalue weighted by atomic mass is 9.98. The van der Waals surface area contributed by atoms with E-state index < -0.39 is 0 Å². The molecule has 0 aliphatic carbocycles. The number of aromatic nitrogens is 1. The van der Waals surface area contributed by atoms with Gasteiger partial charge in [0.1, 0.15) is 0 Å². The molecule has 1 heteroatoms. The van der Waals surface area contributed by atoms with Crippen LogP contribution in [-0.4, -0.2) is 4.98 Å². The fourth-order valence-corrected chi connectivity index (χ4v) is 3.05. The number of unbranched alkanes of at least 4 members (excludes halogenated alkanes) is 3. The van der Waals surface area contributed by atoms with Gasteiger partial charge in [-0.15, -0.1) is 0 Å². The Morgan fingerprint density at radius 3 is 2.33 bits per heavy atom. The lowest BCUT2D eigenvalue weighted by Gasteiger charge is -2.12. The molecule has 1 aromatic carbocycles. The average Bonchev–Trinajstić information content (AvgIpc) is 2.45. The standard InChI is InChI=1S/C20H29N/c1-5-7-9-11-19-17(10-8-6-2)14-18-16(4)12-15(3)13-20(18)21-19/h12-14H,5-11H2,1-4H3. The minimum Gasteiger partial charge on any atom is -0.253 e. The van der Waals surface area contributed by atoms with E-state index in [-0.39, 0.29) is 0 Å². The molecule has 0 fully saturated rings. The van der Waals surface area contributed by atoms with E-state index >= 15 is 0 Å². The van der Waals surface area contributed by atoms with Crippen LogP contribution in [0, 0.1) is 13.8 Å². The summed E-state index contributed by atoms with van der Waals surface area (Å²) in [6.07, 6.45) is 8.66. The van der Waals surface area contributed by atoms with E-state index in [0.717, 1.165) is 6.42 Å². The number of rotatable bonds is 7. The Hall–Kier alpha value is -1.37. The van der Waals surface area contributed by atoms with Crippen LogP contribution in [0.1, 0.15) is 68.3 Å². The van der Waals surface area contributed by atoms with Gasteiger partial charge in [0.25, 0.3) is 0 Å². The van der Waals surface area contributed by atoms with Crippen molar-refractivity contribution in [3.63, 3.8) is 0 Å². The number of benzene rings is 1. The summed E-state index contributed by atoms with van der Waals surface area (Å²) in [7, 11) is 0. The van der Waals surface area contributed by atoms with E-state index in [1.807, 2.05) is 0 Å². The largest absolute Gasteiger partial charge is 0.253 e. The molecule has 0 bridgehead atoms. The number of hydrogen-bond donors (Lipinski definition) is 0. The first-order valence-electron chi connectivity index (χ1n) is 8.55. The van der Waals surface area contributed by atoms with Crippen LogP contribution in [0.15, 0.2) is 18.2 Å². The summed E-state index contributed by atoms with van der Waals surface area (Å²) in [4.78, 5) is 5.02. The Bertz CT molecular complexity index is 598. The highest BCUT2D eigenvalue weighted by atomic mass is 14.7. The van der Waals surface area contributed by atoms with Crippen molar-refractivity contribution in [3.05, 3.63) is 40.6 Å². The van der Waals surface area contributed by atoms with Crippen molar-refractivity contribution in [2.75, 3.05) is 0 Å². The predicted molar refractivity (Wildman–Crippen MR) is 93.1 cm³/mol. The van der Waals surface area contributed by atoms with Crippen molar-refractivity contribution in [1.82, 2.24) is 4.98 Å². The van der Waals surface area contributed by atoms with E-state index in [2.05, 4.69) is 45.9 Å². The third kappa shape index (κ3) is 4.06. The summed E-state index contributed by atoms with van der Waals surface area (Å²) in [5, 5.41) is 1.34. The smallest absolute Gasteiger partial charge is 0.0710 e. The van der Waals surface area contributed by atoms with E-state index in [9.17, 15) is 0 Å². The molecule has 1 nitrogen and oxygen atoms in total. The van der Waals surface area contributed by atoms with Gasteiger partial charge in [0.15, 0.2) is 0 Å². The molecule has 0 amide bonds. The fraction of sp³-hybridized carbons (Fsp3) is 0.550. The minimum absolute atomic E-state index is 1.13. The van der Waals surface area contributed by atoms with Crippen LogP contribution in [0.25, 0.3) is 10.9 Å². The van der Waals surface area contributed by atoms with Gasteiger partial charge in [-0.2, -0.15) is 0 Å². The molecule has 0 aliphatic heterocycles. The van der Waals surface area contributed by atoms with Crippen LogP contribution >= 0.6 is 0 Å². The Kier molecular flexibility index (Phi) is 5.78. The van der Waals surface area contributed by atoms with E-state index in [1.165, 1.54) is 71.8 Å². The molecule has 0 unspecified atom stereocenters. The molecule has 0 radical (unpaired) electrons. The van der Waals surface area contributed by atoms with Crippen molar-refractivity contribution < 1.29 is 0 Å². The van der Waals surface area contributed by atoms with Crippen molar-refractivity contribution in [2.45, 2.75) is 72.6 Å². The van der Waals surface area contributed by atoms with Crippen LogP contribution in [0.3, 0.4) is 0 Å². The zero-order chi connectivity index (χ0) is 15.2. The lowest BCUT2D eigenvalue weighted by Crippen LogP contribution is -2.01. The SMILES string of the molecule is CCCCCc1nc2cc(C)cc(C)c2cc1CCCC. The second-order valence-electron chi connectivity index (χ2n) is 6.30. The van der Waals surface area contributed by atoms with Gasteiger partial charge in [-0.25, -0.2) is 0 Å². The molecule has 114 valence electrons. The minimum atomic E-state index is 1.13. The Balaban J connectivity index is 2.41.